The SMILES string of the molecule is COC(=O)c1cccc(C=CC(N)=O)c1N. The lowest BCUT2D eigenvalue weighted by Gasteiger charge is -2.06. The van der Waals surface area contributed by atoms with E-state index in [2.05, 4.69) is 4.74 Å². The van der Waals surface area contributed by atoms with E-state index in [9.17, 15) is 9.59 Å². The fraction of sp³-hybridized carbons (Fsp3) is 0.0909. The predicted octanol–water partition coefficient (Wildman–Crippen LogP) is 0.554. The zero-order valence-electron chi connectivity index (χ0n) is 8.77. The topological polar surface area (TPSA) is 95.4 Å². The zero-order valence-corrected chi connectivity index (χ0v) is 8.77. The summed E-state index contributed by atoms with van der Waals surface area (Å²) in [6.45, 7) is 0. The molecule has 16 heavy (non-hydrogen) atoms. The van der Waals surface area contributed by atoms with Gasteiger partial charge in [0.1, 0.15) is 0 Å². The predicted molar refractivity (Wildman–Crippen MR) is 60.4 cm³/mol. The van der Waals surface area contributed by atoms with Crippen LogP contribution in [-0.4, -0.2) is 19.0 Å². The van der Waals surface area contributed by atoms with E-state index in [0.717, 1.165) is 0 Å². The minimum absolute atomic E-state index is 0.256. The maximum Gasteiger partial charge on any atom is 0.339 e. The van der Waals surface area contributed by atoms with Crippen LogP contribution in [-0.2, 0) is 9.53 Å². The number of nitrogens with two attached hydrogens (primary N) is 2. The molecule has 1 rings (SSSR count). The number of benzene rings is 1. The molecule has 0 atom stereocenters. The quantitative estimate of drug-likeness (QED) is 0.442. The van der Waals surface area contributed by atoms with Gasteiger partial charge >= 0.3 is 5.97 Å². The fourth-order valence-corrected chi connectivity index (χ4v) is 1.19. The van der Waals surface area contributed by atoms with Crippen molar-refractivity contribution in [2.45, 2.75) is 0 Å². The second kappa shape index (κ2) is 4.97. The van der Waals surface area contributed by atoms with Gasteiger partial charge in [-0.1, -0.05) is 12.1 Å². The Bertz CT molecular complexity index is 453. The number of para-hydroxylation sites is 1. The van der Waals surface area contributed by atoms with Crippen LogP contribution in [0.1, 0.15) is 15.9 Å². The summed E-state index contributed by atoms with van der Waals surface area (Å²) in [5.74, 6) is -1.10. The van der Waals surface area contributed by atoms with Gasteiger partial charge in [0, 0.05) is 6.08 Å². The highest BCUT2D eigenvalue weighted by Gasteiger charge is 2.11. The molecule has 0 aromatic heterocycles. The maximum atomic E-state index is 11.3. The Morgan fingerprint density at radius 3 is 2.62 bits per heavy atom. The molecule has 0 unspecified atom stereocenters. The van der Waals surface area contributed by atoms with E-state index >= 15 is 0 Å². The van der Waals surface area contributed by atoms with Gasteiger partial charge in [-0.2, -0.15) is 0 Å². The summed E-state index contributed by atoms with van der Waals surface area (Å²) in [4.78, 5) is 21.9. The molecule has 1 aromatic carbocycles. The van der Waals surface area contributed by atoms with Gasteiger partial charge in [-0.25, -0.2) is 4.79 Å². The van der Waals surface area contributed by atoms with Crippen molar-refractivity contribution in [2.75, 3.05) is 12.8 Å². The molecule has 0 saturated carbocycles. The number of nitrogen functional groups attached to an aromatic ring is 1. The van der Waals surface area contributed by atoms with Crippen LogP contribution < -0.4 is 11.5 Å². The average Bonchev–Trinajstić information content (AvgIpc) is 2.26. The molecular weight excluding hydrogens is 208 g/mol. The molecule has 0 heterocycles. The van der Waals surface area contributed by atoms with Gasteiger partial charge in [-0.05, 0) is 17.7 Å². The van der Waals surface area contributed by atoms with Crippen molar-refractivity contribution < 1.29 is 14.3 Å². The Balaban J connectivity index is 3.13. The number of carbonyl (C=O) groups is 2. The van der Waals surface area contributed by atoms with Crippen LogP contribution in [0.4, 0.5) is 5.69 Å². The van der Waals surface area contributed by atoms with E-state index in [1.54, 1.807) is 18.2 Å². The Kier molecular flexibility index (Phi) is 3.66. The van der Waals surface area contributed by atoms with Crippen molar-refractivity contribution in [1.29, 1.82) is 0 Å². The molecule has 0 saturated heterocycles. The Hall–Kier alpha value is -2.30. The summed E-state index contributed by atoms with van der Waals surface area (Å²) >= 11 is 0. The van der Waals surface area contributed by atoms with Crippen LogP contribution in [0.15, 0.2) is 24.3 Å². The molecule has 4 N–H and O–H groups in total. The molecule has 5 nitrogen and oxygen atoms in total. The van der Waals surface area contributed by atoms with E-state index in [4.69, 9.17) is 11.5 Å². The third-order valence-corrected chi connectivity index (χ3v) is 1.97. The van der Waals surface area contributed by atoms with Crippen LogP contribution in [0.5, 0.6) is 0 Å². The number of rotatable bonds is 3. The number of primary amides is 1. The summed E-state index contributed by atoms with van der Waals surface area (Å²) in [5, 5.41) is 0. The number of methoxy groups -OCH3 is 1. The first kappa shape index (κ1) is 11.8. The number of ether oxygens (including phenoxy) is 1. The van der Waals surface area contributed by atoms with Gasteiger partial charge in [0.2, 0.25) is 5.91 Å². The molecule has 0 radical (unpaired) electrons. The largest absolute Gasteiger partial charge is 0.465 e. The van der Waals surface area contributed by atoms with Gasteiger partial charge in [-0.15, -0.1) is 0 Å². The second-order valence-corrected chi connectivity index (χ2v) is 3.04. The van der Waals surface area contributed by atoms with E-state index in [1.165, 1.54) is 19.3 Å². The molecule has 0 fully saturated rings. The highest BCUT2D eigenvalue weighted by atomic mass is 16.5. The average molecular weight is 220 g/mol. The summed E-state index contributed by atoms with van der Waals surface area (Å²) in [6.07, 6.45) is 2.62. The Morgan fingerprint density at radius 2 is 2.06 bits per heavy atom. The number of amides is 1. The number of anilines is 1. The fourth-order valence-electron chi connectivity index (χ4n) is 1.19. The van der Waals surface area contributed by atoms with Gasteiger partial charge in [0.05, 0.1) is 18.4 Å². The lowest BCUT2D eigenvalue weighted by molar-refractivity contribution is -0.113. The normalized spacial score (nSPS) is 10.3. The molecule has 0 aliphatic rings. The molecule has 84 valence electrons. The number of hydrogen-bond acceptors (Lipinski definition) is 4. The Labute approximate surface area is 92.7 Å². The summed E-state index contributed by atoms with van der Waals surface area (Å²) in [5.41, 5.74) is 11.8. The van der Waals surface area contributed by atoms with Crippen LogP contribution in [0.25, 0.3) is 6.08 Å². The van der Waals surface area contributed by atoms with Crippen molar-refractivity contribution in [3.8, 4) is 0 Å². The van der Waals surface area contributed by atoms with Gasteiger partial charge in [0.15, 0.2) is 0 Å². The minimum Gasteiger partial charge on any atom is -0.465 e. The van der Waals surface area contributed by atoms with Gasteiger partial charge < -0.3 is 16.2 Å². The number of carbonyl (C=O) groups excluding carboxylic acids is 2. The highest BCUT2D eigenvalue weighted by molar-refractivity contribution is 5.98. The molecule has 0 bridgehead atoms. The van der Waals surface area contributed by atoms with E-state index in [0.29, 0.717) is 5.56 Å². The van der Waals surface area contributed by atoms with E-state index < -0.39 is 11.9 Å². The second-order valence-electron chi connectivity index (χ2n) is 3.04. The first-order valence-electron chi connectivity index (χ1n) is 4.50. The molecule has 0 spiro atoms. The van der Waals surface area contributed by atoms with Crippen molar-refractivity contribution in [3.63, 3.8) is 0 Å². The molecular formula is C11H12N2O3. The lowest BCUT2D eigenvalue weighted by Crippen LogP contribution is -2.07. The van der Waals surface area contributed by atoms with Crippen molar-refractivity contribution >= 4 is 23.6 Å². The van der Waals surface area contributed by atoms with Crippen LogP contribution in [0, 0.1) is 0 Å². The summed E-state index contributed by atoms with van der Waals surface area (Å²) in [6, 6.07) is 4.85. The standard InChI is InChI=1S/C11H12N2O3/c1-16-11(15)8-4-2-3-7(10(8)13)5-6-9(12)14/h2-6H,13H2,1H3,(H2,12,14). The van der Waals surface area contributed by atoms with Crippen molar-refractivity contribution in [3.05, 3.63) is 35.4 Å². The van der Waals surface area contributed by atoms with Gasteiger partial charge in [-0.3, -0.25) is 4.79 Å². The monoisotopic (exact) mass is 220 g/mol. The summed E-state index contributed by atoms with van der Waals surface area (Å²) < 4.78 is 4.56. The van der Waals surface area contributed by atoms with Crippen LogP contribution >= 0.6 is 0 Å². The highest BCUT2D eigenvalue weighted by Crippen LogP contribution is 2.19. The van der Waals surface area contributed by atoms with Gasteiger partial charge in [0.25, 0.3) is 0 Å². The minimum atomic E-state index is -0.581. The molecule has 0 aliphatic heterocycles. The smallest absolute Gasteiger partial charge is 0.339 e. The van der Waals surface area contributed by atoms with Crippen molar-refractivity contribution in [2.24, 2.45) is 5.73 Å². The van der Waals surface area contributed by atoms with Crippen LogP contribution in [0.2, 0.25) is 0 Å². The molecule has 1 aromatic rings. The number of hydrogen-bond donors (Lipinski definition) is 2. The third kappa shape index (κ3) is 2.60. The molecule has 5 heteroatoms. The first-order valence-corrected chi connectivity index (χ1v) is 4.50. The summed E-state index contributed by atoms with van der Waals surface area (Å²) in [7, 11) is 1.27. The van der Waals surface area contributed by atoms with E-state index in [1.807, 2.05) is 0 Å². The van der Waals surface area contributed by atoms with Crippen LogP contribution in [0.3, 0.4) is 0 Å². The zero-order chi connectivity index (χ0) is 12.1. The van der Waals surface area contributed by atoms with E-state index in [-0.39, 0.29) is 11.3 Å². The Morgan fingerprint density at radius 1 is 1.38 bits per heavy atom. The first-order chi connectivity index (χ1) is 7.56. The molecule has 0 aliphatic carbocycles. The third-order valence-electron chi connectivity index (χ3n) is 1.97. The lowest BCUT2D eigenvalue weighted by atomic mass is 10.1. The van der Waals surface area contributed by atoms with Crippen molar-refractivity contribution in [1.82, 2.24) is 0 Å². The maximum absolute atomic E-state index is 11.3. The molecule has 1 amide bonds. The number of esters is 1.